The van der Waals surface area contributed by atoms with Gasteiger partial charge in [-0.05, 0) is 18.4 Å². The van der Waals surface area contributed by atoms with Crippen molar-refractivity contribution in [3.8, 4) is 0 Å². The van der Waals surface area contributed by atoms with Gasteiger partial charge >= 0.3 is 0 Å². The van der Waals surface area contributed by atoms with Crippen LogP contribution in [-0.4, -0.2) is 17.8 Å². The van der Waals surface area contributed by atoms with Crippen LogP contribution < -0.4 is 0 Å². The predicted molar refractivity (Wildman–Crippen MR) is 66.1 cm³/mol. The van der Waals surface area contributed by atoms with Gasteiger partial charge in [0.15, 0.2) is 0 Å². The van der Waals surface area contributed by atoms with Crippen molar-refractivity contribution in [3.05, 3.63) is 35.9 Å². The van der Waals surface area contributed by atoms with Crippen LogP contribution in [-0.2, 0) is 11.3 Å². The molecule has 0 aliphatic heterocycles. The van der Waals surface area contributed by atoms with E-state index >= 15 is 0 Å². The fraction of sp³-hybridized carbons (Fsp3) is 0.571. The minimum atomic E-state index is -0.309. The molecule has 2 atom stereocenters. The minimum absolute atomic E-state index is 0.212. The van der Waals surface area contributed by atoms with Crippen molar-refractivity contribution in [1.29, 1.82) is 0 Å². The highest BCUT2D eigenvalue weighted by molar-refractivity contribution is 5.13. The number of benzene rings is 1. The van der Waals surface area contributed by atoms with Gasteiger partial charge < -0.3 is 9.84 Å². The third kappa shape index (κ3) is 4.33. The quantitative estimate of drug-likeness (QED) is 0.802. The molecular formula is C14H22O2. The average molecular weight is 222 g/mol. The molecule has 2 heteroatoms. The van der Waals surface area contributed by atoms with Gasteiger partial charge in [0.2, 0.25) is 0 Å². The third-order valence-electron chi connectivity index (χ3n) is 2.90. The number of ether oxygens (including phenoxy) is 1. The summed E-state index contributed by atoms with van der Waals surface area (Å²) in [5, 5.41) is 9.60. The Bertz CT molecular complexity index is 272. The molecule has 1 rings (SSSR count). The highest BCUT2D eigenvalue weighted by atomic mass is 16.5. The summed E-state index contributed by atoms with van der Waals surface area (Å²) in [5.74, 6) is 0.652. The first kappa shape index (κ1) is 13.2. The van der Waals surface area contributed by atoms with Crippen LogP contribution in [0.2, 0.25) is 0 Å². The van der Waals surface area contributed by atoms with E-state index in [4.69, 9.17) is 4.74 Å². The lowest BCUT2D eigenvalue weighted by Gasteiger charge is -2.23. The SMILES string of the molecule is CC(C)[C@H](COCc1ccccc1)[C@H](C)O. The summed E-state index contributed by atoms with van der Waals surface area (Å²) in [4.78, 5) is 0. The predicted octanol–water partition coefficient (Wildman–Crippen LogP) is 2.86. The van der Waals surface area contributed by atoms with E-state index in [9.17, 15) is 5.11 Å². The Morgan fingerprint density at radius 2 is 1.75 bits per heavy atom. The van der Waals surface area contributed by atoms with Gasteiger partial charge in [0.05, 0.1) is 19.3 Å². The first-order valence-corrected chi connectivity index (χ1v) is 5.91. The first-order chi connectivity index (χ1) is 7.61. The maximum atomic E-state index is 9.60. The van der Waals surface area contributed by atoms with E-state index in [1.54, 1.807) is 0 Å². The molecule has 0 aliphatic carbocycles. The lowest BCUT2D eigenvalue weighted by molar-refractivity contribution is 0.00895. The van der Waals surface area contributed by atoms with E-state index < -0.39 is 0 Å². The molecule has 0 saturated carbocycles. The Morgan fingerprint density at radius 3 is 2.25 bits per heavy atom. The van der Waals surface area contributed by atoms with E-state index in [2.05, 4.69) is 13.8 Å². The van der Waals surface area contributed by atoms with Crippen LogP contribution >= 0.6 is 0 Å². The molecule has 0 spiro atoms. The first-order valence-electron chi connectivity index (χ1n) is 5.91. The van der Waals surface area contributed by atoms with Crippen LogP contribution in [0, 0.1) is 11.8 Å². The molecule has 1 N–H and O–H groups in total. The van der Waals surface area contributed by atoms with Gasteiger partial charge in [-0.25, -0.2) is 0 Å². The Hall–Kier alpha value is -0.860. The normalized spacial score (nSPS) is 15.1. The molecule has 0 saturated heterocycles. The zero-order valence-electron chi connectivity index (χ0n) is 10.4. The zero-order valence-corrected chi connectivity index (χ0v) is 10.4. The Kier molecular flexibility index (Phi) is 5.50. The molecule has 0 fully saturated rings. The van der Waals surface area contributed by atoms with Crippen molar-refractivity contribution in [3.63, 3.8) is 0 Å². The number of hydrogen-bond donors (Lipinski definition) is 1. The van der Waals surface area contributed by atoms with Crippen LogP contribution in [0.4, 0.5) is 0 Å². The average Bonchev–Trinajstić information content (AvgIpc) is 2.24. The van der Waals surface area contributed by atoms with Gasteiger partial charge in [-0.15, -0.1) is 0 Å². The summed E-state index contributed by atoms with van der Waals surface area (Å²) in [7, 11) is 0. The molecule has 0 amide bonds. The van der Waals surface area contributed by atoms with Gasteiger partial charge in [0.25, 0.3) is 0 Å². The van der Waals surface area contributed by atoms with Crippen molar-refractivity contribution in [2.24, 2.45) is 11.8 Å². The van der Waals surface area contributed by atoms with Crippen molar-refractivity contribution in [2.45, 2.75) is 33.5 Å². The van der Waals surface area contributed by atoms with E-state index in [0.29, 0.717) is 19.1 Å². The van der Waals surface area contributed by atoms with Gasteiger partial charge in [0.1, 0.15) is 0 Å². The largest absolute Gasteiger partial charge is 0.393 e. The van der Waals surface area contributed by atoms with Gasteiger partial charge in [-0.2, -0.15) is 0 Å². The van der Waals surface area contributed by atoms with Gasteiger partial charge in [0, 0.05) is 5.92 Å². The molecular weight excluding hydrogens is 200 g/mol. The molecule has 16 heavy (non-hydrogen) atoms. The second-order valence-corrected chi connectivity index (χ2v) is 4.65. The summed E-state index contributed by atoms with van der Waals surface area (Å²) < 4.78 is 5.64. The molecule has 0 aromatic heterocycles. The summed E-state index contributed by atoms with van der Waals surface area (Å²) in [6.07, 6.45) is -0.309. The summed E-state index contributed by atoms with van der Waals surface area (Å²) >= 11 is 0. The van der Waals surface area contributed by atoms with Crippen molar-refractivity contribution < 1.29 is 9.84 Å². The number of aliphatic hydroxyl groups is 1. The lowest BCUT2D eigenvalue weighted by Crippen LogP contribution is -2.27. The monoisotopic (exact) mass is 222 g/mol. The van der Waals surface area contributed by atoms with E-state index in [-0.39, 0.29) is 12.0 Å². The van der Waals surface area contributed by atoms with Gasteiger partial charge in [-0.1, -0.05) is 44.2 Å². The van der Waals surface area contributed by atoms with Crippen LogP contribution in [0.1, 0.15) is 26.3 Å². The molecule has 0 radical (unpaired) electrons. The Balaban J connectivity index is 2.34. The third-order valence-corrected chi connectivity index (χ3v) is 2.90. The molecule has 0 unspecified atom stereocenters. The van der Waals surface area contributed by atoms with Crippen LogP contribution in [0.5, 0.6) is 0 Å². The standard InChI is InChI=1S/C14H22O2/c1-11(2)14(12(3)15)10-16-9-13-7-5-4-6-8-13/h4-8,11-12,14-15H,9-10H2,1-3H3/t12-,14-/m0/s1. The molecule has 2 nitrogen and oxygen atoms in total. The molecule has 0 heterocycles. The van der Waals surface area contributed by atoms with Crippen LogP contribution in [0.3, 0.4) is 0 Å². The summed E-state index contributed by atoms with van der Waals surface area (Å²) in [5.41, 5.74) is 1.18. The maximum absolute atomic E-state index is 9.60. The zero-order chi connectivity index (χ0) is 12.0. The number of aliphatic hydroxyl groups excluding tert-OH is 1. The lowest BCUT2D eigenvalue weighted by atomic mass is 9.92. The summed E-state index contributed by atoms with van der Waals surface area (Å²) in [6.45, 7) is 7.30. The van der Waals surface area contributed by atoms with Crippen molar-refractivity contribution >= 4 is 0 Å². The minimum Gasteiger partial charge on any atom is -0.393 e. The van der Waals surface area contributed by atoms with E-state index in [1.165, 1.54) is 5.56 Å². The number of hydrogen-bond acceptors (Lipinski definition) is 2. The topological polar surface area (TPSA) is 29.5 Å². The molecule has 0 aliphatic rings. The molecule has 1 aromatic rings. The smallest absolute Gasteiger partial charge is 0.0717 e. The molecule has 90 valence electrons. The van der Waals surface area contributed by atoms with Crippen LogP contribution in [0.15, 0.2) is 30.3 Å². The Morgan fingerprint density at radius 1 is 1.12 bits per heavy atom. The van der Waals surface area contributed by atoms with E-state index in [1.807, 2.05) is 37.3 Å². The Labute approximate surface area is 98.3 Å². The highest BCUT2D eigenvalue weighted by Crippen LogP contribution is 2.16. The maximum Gasteiger partial charge on any atom is 0.0717 e. The highest BCUT2D eigenvalue weighted by Gasteiger charge is 2.18. The van der Waals surface area contributed by atoms with Gasteiger partial charge in [-0.3, -0.25) is 0 Å². The second kappa shape index (κ2) is 6.66. The second-order valence-electron chi connectivity index (χ2n) is 4.65. The van der Waals surface area contributed by atoms with Crippen molar-refractivity contribution in [2.75, 3.05) is 6.61 Å². The fourth-order valence-corrected chi connectivity index (χ4v) is 1.78. The van der Waals surface area contributed by atoms with Crippen LogP contribution in [0.25, 0.3) is 0 Å². The number of rotatable bonds is 6. The van der Waals surface area contributed by atoms with Crippen molar-refractivity contribution in [1.82, 2.24) is 0 Å². The molecule has 0 bridgehead atoms. The molecule has 1 aromatic carbocycles. The van der Waals surface area contributed by atoms with E-state index in [0.717, 1.165) is 0 Å². The summed E-state index contributed by atoms with van der Waals surface area (Å²) in [6, 6.07) is 10.1. The fourth-order valence-electron chi connectivity index (χ4n) is 1.78.